The number of likely N-dealkylation sites (N-methyl/N-ethyl adjacent to an activating group) is 1. The van der Waals surface area contributed by atoms with Gasteiger partial charge in [-0.25, -0.2) is 14.2 Å². The summed E-state index contributed by atoms with van der Waals surface area (Å²) in [6.07, 6.45) is 2.62. The third-order valence-electron chi connectivity index (χ3n) is 4.59. The standard InChI is InChI=1S/C26H35FN6O3/c1-6-14-29-23-19(18-30-24(32-23)31-21-12-9-11-20(27)17-21)10-7-8-13-22(34)28-15-16-33(5)25(35)36-26(2,3)4/h9,11-12,17-18H,6,8,13-16H2,1-5H3,(H,28,34)(H2,29,30,31,32). The van der Waals surface area contributed by atoms with E-state index in [1.54, 1.807) is 46.1 Å². The number of ether oxygens (including phenoxy) is 1. The van der Waals surface area contributed by atoms with Crippen molar-refractivity contribution < 1.29 is 18.7 Å². The third kappa shape index (κ3) is 10.6. The van der Waals surface area contributed by atoms with Gasteiger partial charge >= 0.3 is 6.09 Å². The monoisotopic (exact) mass is 498 g/mol. The molecule has 0 saturated heterocycles. The number of amides is 2. The first kappa shape index (κ1) is 28.4. The molecular formula is C26H35FN6O3. The predicted molar refractivity (Wildman–Crippen MR) is 138 cm³/mol. The number of benzene rings is 1. The highest BCUT2D eigenvalue weighted by molar-refractivity contribution is 5.76. The highest BCUT2D eigenvalue weighted by Crippen LogP contribution is 2.18. The smallest absolute Gasteiger partial charge is 0.410 e. The number of nitrogens with zero attached hydrogens (tertiary/aromatic N) is 3. The van der Waals surface area contributed by atoms with Crippen molar-refractivity contribution in [1.29, 1.82) is 0 Å². The van der Waals surface area contributed by atoms with Crippen LogP contribution in [0.1, 0.15) is 52.5 Å². The van der Waals surface area contributed by atoms with Crippen molar-refractivity contribution in [3.8, 4) is 11.8 Å². The molecule has 2 amide bonds. The van der Waals surface area contributed by atoms with Gasteiger partial charge in [0.1, 0.15) is 17.2 Å². The maximum Gasteiger partial charge on any atom is 0.410 e. The van der Waals surface area contributed by atoms with Crippen molar-refractivity contribution in [1.82, 2.24) is 20.2 Å². The number of hydrogen-bond donors (Lipinski definition) is 3. The van der Waals surface area contributed by atoms with Gasteiger partial charge in [-0.1, -0.05) is 24.8 Å². The normalized spacial score (nSPS) is 10.6. The van der Waals surface area contributed by atoms with Crippen LogP contribution in [0, 0.1) is 17.7 Å². The molecule has 0 radical (unpaired) electrons. The van der Waals surface area contributed by atoms with E-state index < -0.39 is 11.7 Å². The van der Waals surface area contributed by atoms with E-state index in [0.29, 0.717) is 49.1 Å². The molecule has 194 valence electrons. The van der Waals surface area contributed by atoms with Crippen LogP contribution >= 0.6 is 0 Å². The Kier molecular flexibility index (Phi) is 10.9. The van der Waals surface area contributed by atoms with Crippen LogP contribution in [0.25, 0.3) is 0 Å². The summed E-state index contributed by atoms with van der Waals surface area (Å²) in [7, 11) is 1.62. The topological polar surface area (TPSA) is 108 Å². The molecule has 2 rings (SSSR count). The molecule has 9 nitrogen and oxygen atoms in total. The molecule has 0 aliphatic rings. The molecule has 2 aromatic rings. The predicted octanol–water partition coefficient (Wildman–Crippen LogP) is 4.30. The van der Waals surface area contributed by atoms with Crippen molar-refractivity contribution in [2.24, 2.45) is 0 Å². The van der Waals surface area contributed by atoms with Crippen molar-refractivity contribution >= 4 is 29.5 Å². The SMILES string of the molecule is CCCNc1nc(Nc2cccc(F)c2)ncc1C#CCCC(=O)NCCN(C)C(=O)OC(C)(C)C. The van der Waals surface area contributed by atoms with Crippen molar-refractivity contribution in [3.05, 3.63) is 41.8 Å². The average Bonchev–Trinajstić information content (AvgIpc) is 2.80. The Hall–Kier alpha value is -3.87. The molecule has 0 spiro atoms. The molecule has 10 heteroatoms. The maximum absolute atomic E-state index is 13.4. The van der Waals surface area contributed by atoms with Gasteiger partial charge in [0, 0.05) is 45.2 Å². The lowest BCUT2D eigenvalue weighted by Crippen LogP contribution is -2.39. The van der Waals surface area contributed by atoms with Crippen molar-refractivity contribution in [2.75, 3.05) is 37.3 Å². The summed E-state index contributed by atoms with van der Waals surface area (Å²) in [6, 6.07) is 6.04. The highest BCUT2D eigenvalue weighted by atomic mass is 19.1. The lowest BCUT2D eigenvalue weighted by atomic mass is 10.2. The summed E-state index contributed by atoms with van der Waals surface area (Å²) in [6.45, 7) is 8.80. The number of halogens is 1. The zero-order valence-electron chi connectivity index (χ0n) is 21.6. The summed E-state index contributed by atoms with van der Waals surface area (Å²) < 4.78 is 18.7. The molecule has 0 fully saturated rings. The molecule has 0 aliphatic carbocycles. The van der Waals surface area contributed by atoms with E-state index >= 15 is 0 Å². The van der Waals surface area contributed by atoms with Gasteiger partial charge in [-0.3, -0.25) is 4.79 Å². The number of nitrogens with one attached hydrogen (secondary N) is 3. The number of hydrogen-bond acceptors (Lipinski definition) is 7. The number of rotatable bonds is 10. The van der Waals surface area contributed by atoms with Crippen LogP contribution in [0.5, 0.6) is 0 Å². The maximum atomic E-state index is 13.4. The van der Waals surface area contributed by atoms with E-state index in [4.69, 9.17) is 4.74 Å². The quantitative estimate of drug-likeness (QED) is 0.419. The first-order valence-corrected chi connectivity index (χ1v) is 11.9. The van der Waals surface area contributed by atoms with Crippen molar-refractivity contribution in [2.45, 2.75) is 52.6 Å². The second-order valence-electron chi connectivity index (χ2n) is 9.07. The summed E-state index contributed by atoms with van der Waals surface area (Å²) in [5.41, 5.74) is 0.578. The van der Waals surface area contributed by atoms with Crippen LogP contribution in [0.15, 0.2) is 30.5 Å². The molecule has 3 N–H and O–H groups in total. The molecule has 0 bridgehead atoms. The Labute approximate surface area is 212 Å². The van der Waals surface area contributed by atoms with E-state index in [1.165, 1.54) is 17.0 Å². The number of anilines is 3. The molecule has 0 saturated carbocycles. The van der Waals surface area contributed by atoms with Crippen LogP contribution in [0.2, 0.25) is 0 Å². The molecule has 0 atom stereocenters. The second-order valence-corrected chi connectivity index (χ2v) is 9.07. The molecule has 1 aromatic heterocycles. The fourth-order valence-electron chi connectivity index (χ4n) is 2.82. The summed E-state index contributed by atoms with van der Waals surface area (Å²) in [5, 5.41) is 8.98. The van der Waals surface area contributed by atoms with Gasteiger partial charge in [-0.15, -0.1) is 0 Å². The molecule has 1 aromatic carbocycles. The summed E-state index contributed by atoms with van der Waals surface area (Å²) >= 11 is 0. The van der Waals surface area contributed by atoms with Crippen molar-refractivity contribution in [3.63, 3.8) is 0 Å². The van der Waals surface area contributed by atoms with Crippen LogP contribution in [-0.4, -0.2) is 59.2 Å². The van der Waals surface area contributed by atoms with Crippen LogP contribution in [-0.2, 0) is 9.53 Å². The Balaban J connectivity index is 1.87. The van der Waals surface area contributed by atoms with Gasteiger partial charge < -0.3 is 25.6 Å². The molecular weight excluding hydrogens is 463 g/mol. The van der Waals surface area contributed by atoms with Crippen LogP contribution in [0.4, 0.5) is 26.6 Å². The molecule has 1 heterocycles. The lowest BCUT2D eigenvalue weighted by Gasteiger charge is -2.24. The fourth-order valence-corrected chi connectivity index (χ4v) is 2.82. The largest absolute Gasteiger partial charge is 0.444 e. The zero-order chi connectivity index (χ0) is 26.6. The van der Waals surface area contributed by atoms with E-state index in [9.17, 15) is 14.0 Å². The Morgan fingerprint density at radius 1 is 1.22 bits per heavy atom. The highest BCUT2D eigenvalue weighted by Gasteiger charge is 2.19. The fraction of sp³-hybridized carbons (Fsp3) is 0.462. The Morgan fingerprint density at radius 2 is 2.00 bits per heavy atom. The van der Waals surface area contributed by atoms with E-state index in [2.05, 4.69) is 37.8 Å². The Bertz CT molecular complexity index is 1090. The van der Waals surface area contributed by atoms with E-state index in [0.717, 1.165) is 6.42 Å². The van der Waals surface area contributed by atoms with Gasteiger partial charge in [0.15, 0.2) is 0 Å². The Morgan fingerprint density at radius 3 is 2.69 bits per heavy atom. The number of carbonyl (C=O) groups excluding carboxylic acids is 2. The first-order valence-electron chi connectivity index (χ1n) is 11.9. The van der Waals surface area contributed by atoms with Gasteiger partial charge in [0.2, 0.25) is 11.9 Å². The van der Waals surface area contributed by atoms with Gasteiger partial charge in [0.25, 0.3) is 0 Å². The van der Waals surface area contributed by atoms with Crippen LogP contribution in [0.3, 0.4) is 0 Å². The van der Waals surface area contributed by atoms with Gasteiger partial charge in [0.05, 0.1) is 11.8 Å². The zero-order valence-corrected chi connectivity index (χ0v) is 21.6. The van der Waals surface area contributed by atoms with Crippen LogP contribution < -0.4 is 16.0 Å². The third-order valence-corrected chi connectivity index (χ3v) is 4.59. The lowest BCUT2D eigenvalue weighted by molar-refractivity contribution is -0.121. The molecule has 36 heavy (non-hydrogen) atoms. The molecule has 0 aliphatic heterocycles. The van der Waals surface area contributed by atoms with E-state index in [-0.39, 0.29) is 18.1 Å². The average molecular weight is 499 g/mol. The second kappa shape index (κ2) is 13.9. The minimum atomic E-state index is -0.567. The number of aromatic nitrogens is 2. The first-order chi connectivity index (χ1) is 17.1. The summed E-state index contributed by atoms with van der Waals surface area (Å²) in [4.78, 5) is 34.2. The minimum absolute atomic E-state index is 0.155. The number of carbonyl (C=O) groups is 2. The van der Waals surface area contributed by atoms with Gasteiger partial charge in [-0.05, 0) is 45.4 Å². The minimum Gasteiger partial charge on any atom is -0.444 e. The van der Waals surface area contributed by atoms with Gasteiger partial charge in [-0.2, -0.15) is 4.98 Å². The molecule has 0 unspecified atom stereocenters. The summed E-state index contributed by atoms with van der Waals surface area (Å²) in [5.74, 6) is 6.37. The van der Waals surface area contributed by atoms with E-state index in [1.807, 2.05) is 6.92 Å².